The fourth-order valence-electron chi connectivity index (χ4n) is 4.32. The smallest absolute Gasteiger partial charge is 0.330 e. The third-order valence-corrected chi connectivity index (χ3v) is 5.14. The van der Waals surface area contributed by atoms with Gasteiger partial charge in [0.25, 0.3) is 0 Å². The van der Waals surface area contributed by atoms with Crippen LogP contribution in [0.1, 0.15) is 98.3 Å². The summed E-state index contributed by atoms with van der Waals surface area (Å²) in [6, 6.07) is 4.03. The van der Waals surface area contributed by atoms with E-state index < -0.39 is 0 Å². The van der Waals surface area contributed by atoms with Gasteiger partial charge in [-0.3, -0.25) is 0 Å². The molecule has 0 spiro atoms. The summed E-state index contributed by atoms with van der Waals surface area (Å²) in [5.41, 5.74) is 2.57. The van der Waals surface area contributed by atoms with Gasteiger partial charge in [0, 0.05) is 17.2 Å². The molecule has 1 aromatic rings. The van der Waals surface area contributed by atoms with Crippen molar-refractivity contribution in [2.24, 2.45) is 5.41 Å². The van der Waals surface area contributed by atoms with Crippen molar-refractivity contribution in [2.75, 3.05) is 6.61 Å². The second-order valence-electron chi connectivity index (χ2n) is 10.3. The Balaban J connectivity index is 3.57. The Labute approximate surface area is 172 Å². The molecule has 0 radical (unpaired) electrons. The maximum absolute atomic E-state index is 11.8. The lowest BCUT2D eigenvalue weighted by atomic mass is 9.69. The minimum absolute atomic E-state index is 0.131. The molecule has 0 aliphatic heterocycles. The fraction of sp³-hybridized carbons (Fsp3) is 0.640. The fourth-order valence-corrected chi connectivity index (χ4v) is 4.32. The van der Waals surface area contributed by atoms with Crippen LogP contribution in [0.4, 0.5) is 0 Å². The molecule has 0 heterocycles. The minimum atomic E-state index is -0.347. The average Bonchev–Trinajstić information content (AvgIpc) is 2.51. The van der Waals surface area contributed by atoms with E-state index in [9.17, 15) is 9.90 Å². The second kappa shape index (κ2) is 9.15. The molecule has 3 heteroatoms. The standard InChI is InChI=1S/C25H40O3/c1-10-14-24(6,7)19-15-18(12-13-21(26)28-11-2)16-20(22(19)27)25(8,9)17-23(3,4)5/h12-13,15-16,27H,10-11,14,17H2,1-9H3. The Bertz CT molecular complexity index is 703. The quantitative estimate of drug-likeness (QED) is 0.395. The maximum atomic E-state index is 11.8. The Morgan fingerprint density at radius 2 is 1.54 bits per heavy atom. The zero-order valence-electron chi connectivity index (χ0n) is 19.4. The van der Waals surface area contributed by atoms with Gasteiger partial charge in [-0.2, -0.15) is 0 Å². The highest BCUT2D eigenvalue weighted by molar-refractivity contribution is 5.87. The number of hydrogen-bond donors (Lipinski definition) is 1. The first-order valence-electron chi connectivity index (χ1n) is 10.5. The van der Waals surface area contributed by atoms with Crippen molar-refractivity contribution < 1.29 is 14.6 Å². The van der Waals surface area contributed by atoms with Crippen LogP contribution in [0, 0.1) is 5.41 Å². The predicted molar refractivity (Wildman–Crippen MR) is 119 cm³/mol. The van der Waals surface area contributed by atoms with Gasteiger partial charge >= 0.3 is 5.97 Å². The topological polar surface area (TPSA) is 46.5 Å². The first-order valence-corrected chi connectivity index (χ1v) is 10.5. The Kier molecular flexibility index (Phi) is 7.93. The molecular weight excluding hydrogens is 348 g/mol. The molecule has 0 amide bonds. The molecule has 0 unspecified atom stereocenters. The SMILES string of the molecule is CCCC(C)(C)c1cc(C=CC(=O)OCC)cc(C(C)(C)CC(C)(C)C)c1O. The summed E-state index contributed by atoms with van der Waals surface area (Å²) in [5, 5.41) is 11.3. The number of rotatable bonds is 8. The zero-order valence-corrected chi connectivity index (χ0v) is 19.4. The van der Waals surface area contributed by atoms with Crippen LogP contribution in [0.2, 0.25) is 0 Å². The lowest BCUT2D eigenvalue weighted by Crippen LogP contribution is -2.26. The highest BCUT2D eigenvalue weighted by Gasteiger charge is 2.33. The van der Waals surface area contributed by atoms with Crippen LogP contribution in [0.15, 0.2) is 18.2 Å². The van der Waals surface area contributed by atoms with E-state index in [1.54, 1.807) is 13.0 Å². The van der Waals surface area contributed by atoms with Gasteiger partial charge in [-0.05, 0) is 59.8 Å². The van der Waals surface area contributed by atoms with E-state index in [0.29, 0.717) is 12.4 Å². The van der Waals surface area contributed by atoms with Crippen molar-refractivity contribution in [1.29, 1.82) is 0 Å². The van der Waals surface area contributed by atoms with Crippen molar-refractivity contribution in [1.82, 2.24) is 0 Å². The largest absolute Gasteiger partial charge is 0.507 e. The molecule has 3 nitrogen and oxygen atoms in total. The maximum Gasteiger partial charge on any atom is 0.330 e. The van der Waals surface area contributed by atoms with Gasteiger partial charge in [-0.15, -0.1) is 0 Å². The highest BCUT2D eigenvalue weighted by atomic mass is 16.5. The second-order valence-corrected chi connectivity index (χ2v) is 10.3. The number of benzene rings is 1. The predicted octanol–water partition coefficient (Wildman–Crippen LogP) is 6.76. The molecular formula is C25H40O3. The molecule has 1 N–H and O–H groups in total. The van der Waals surface area contributed by atoms with E-state index in [4.69, 9.17) is 4.74 Å². The van der Waals surface area contributed by atoms with E-state index in [-0.39, 0.29) is 22.2 Å². The lowest BCUT2D eigenvalue weighted by Gasteiger charge is -2.36. The summed E-state index contributed by atoms with van der Waals surface area (Å²) in [4.78, 5) is 11.8. The molecule has 0 saturated heterocycles. The number of ether oxygens (including phenoxy) is 1. The van der Waals surface area contributed by atoms with Gasteiger partial charge in [-0.1, -0.05) is 61.8 Å². The summed E-state index contributed by atoms with van der Waals surface area (Å²) < 4.78 is 5.01. The van der Waals surface area contributed by atoms with E-state index >= 15 is 0 Å². The zero-order chi connectivity index (χ0) is 21.8. The first kappa shape index (κ1) is 24.3. The van der Waals surface area contributed by atoms with Gasteiger partial charge < -0.3 is 9.84 Å². The van der Waals surface area contributed by atoms with Crippen LogP contribution in [-0.4, -0.2) is 17.7 Å². The van der Waals surface area contributed by atoms with Crippen LogP contribution in [0.5, 0.6) is 5.75 Å². The van der Waals surface area contributed by atoms with Crippen LogP contribution in [0.25, 0.3) is 6.08 Å². The van der Waals surface area contributed by atoms with Crippen molar-refractivity contribution in [3.8, 4) is 5.75 Å². The molecule has 158 valence electrons. The monoisotopic (exact) mass is 388 g/mol. The molecule has 1 aromatic carbocycles. The van der Waals surface area contributed by atoms with Gasteiger partial charge in [0.2, 0.25) is 0 Å². The van der Waals surface area contributed by atoms with Crippen LogP contribution >= 0.6 is 0 Å². The van der Waals surface area contributed by atoms with Crippen molar-refractivity contribution in [2.45, 2.75) is 92.4 Å². The highest BCUT2D eigenvalue weighted by Crippen LogP contribution is 2.45. The third-order valence-electron chi connectivity index (χ3n) is 5.14. The Morgan fingerprint density at radius 3 is 2.00 bits per heavy atom. The van der Waals surface area contributed by atoms with Crippen LogP contribution in [-0.2, 0) is 20.4 Å². The Hall–Kier alpha value is -1.77. The molecule has 0 bridgehead atoms. The summed E-state index contributed by atoms with van der Waals surface area (Å²) in [6.07, 6.45) is 6.21. The summed E-state index contributed by atoms with van der Waals surface area (Å²) in [5.74, 6) is 0.0430. The summed E-state index contributed by atoms with van der Waals surface area (Å²) >= 11 is 0. The van der Waals surface area contributed by atoms with Gasteiger partial charge in [0.1, 0.15) is 5.75 Å². The molecule has 0 aromatic heterocycles. The van der Waals surface area contributed by atoms with Crippen LogP contribution < -0.4 is 0 Å². The van der Waals surface area contributed by atoms with Crippen molar-refractivity contribution in [3.63, 3.8) is 0 Å². The van der Waals surface area contributed by atoms with Gasteiger partial charge in [0.05, 0.1) is 6.61 Å². The number of carbonyl (C=O) groups excluding carboxylic acids is 1. The molecule has 0 saturated carbocycles. The molecule has 0 atom stereocenters. The van der Waals surface area contributed by atoms with E-state index in [1.165, 1.54) is 6.08 Å². The minimum Gasteiger partial charge on any atom is -0.507 e. The number of aromatic hydroxyl groups is 1. The van der Waals surface area contributed by atoms with E-state index in [1.807, 2.05) is 12.1 Å². The van der Waals surface area contributed by atoms with E-state index in [2.05, 4.69) is 55.4 Å². The molecule has 0 aliphatic rings. The number of hydrogen-bond acceptors (Lipinski definition) is 3. The summed E-state index contributed by atoms with van der Waals surface area (Å²) in [6.45, 7) is 19.7. The molecule has 1 rings (SSSR count). The molecule has 28 heavy (non-hydrogen) atoms. The average molecular weight is 389 g/mol. The normalized spacial score (nSPS) is 13.2. The van der Waals surface area contributed by atoms with Crippen LogP contribution in [0.3, 0.4) is 0 Å². The lowest BCUT2D eigenvalue weighted by molar-refractivity contribution is -0.137. The summed E-state index contributed by atoms with van der Waals surface area (Å²) in [7, 11) is 0. The van der Waals surface area contributed by atoms with Crippen molar-refractivity contribution >= 4 is 12.0 Å². The Morgan fingerprint density at radius 1 is 1.00 bits per heavy atom. The van der Waals surface area contributed by atoms with E-state index in [0.717, 1.165) is 36.0 Å². The van der Waals surface area contributed by atoms with Crippen molar-refractivity contribution in [3.05, 3.63) is 34.9 Å². The number of phenols is 1. The number of phenolic OH excluding ortho intramolecular Hbond substituents is 1. The molecule has 0 aliphatic carbocycles. The van der Waals surface area contributed by atoms with Gasteiger partial charge in [-0.25, -0.2) is 4.79 Å². The number of carbonyl (C=O) groups is 1. The first-order chi connectivity index (χ1) is 12.7. The number of esters is 1. The van der Waals surface area contributed by atoms with Gasteiger partial charge in [0.15, 0.2) is 0 Å². The molecule has 0 fully saturated rings. The third kappa shape index (κ3) is 6.68.